The quantitative estimate of drug-likeness (QED) is 0.759. The summed E-state index contributed by atoms with van der Waals surface area (Å²) >= 11 is 0. The largest absolute Gasteiger partial charge is 0.394 e. The number of anilines is 1. The molecule has 2 aromatic heterocycles. The first-order chi connectivity index (χ1) is 7.04. The average molecular weight is 206 g/mol. The van der Waals surface area contributed by atoms with Gasteiger partial charge in [-0.15, -0.1) is 0 Å². The predicted molar refractivity (Wildman–Crippen MR) is 58.3 cm³/mol. The third kappa shape index (κ3) is 1.55. The summed E-state index contributed by atoms with van der Waals surface area (Å²) in [4.78, 5) is 8.09. The predicted octanol–water partition coefficient (Wildman–Crippen LogP) is 0.741. The number of hydrogen-bond acceptors (Lipinski definition) is 4. The van der Waals surface area contributed by atoms with Gasteiger partial charge in [-0.2, -0.15) is 4.98 Å². The normalized spacial score (nSPS) is 12.2. The minimum atomic E-state index is -0.386. The maximum atomic E-state index is 9.30. The number of nitrogens with two attached hydrogens (primary N) is 1. The van der Waals surface area contributed by atoms with Crippen LogP contribution in [0.15, 0.2) is 18.5 Å². The van der Waals surface area contributed by atoms with Crippen molar-refractivity contribution in [3.8, 4) is 0 Å². The van der Waals surface area contributed by atoms with E-state index in [4.69, 9.17) is 5.73 Å². The molecule has 0 spiro atoms. The molecule has 0 fully saturated rings. The molecule has 0 aliphatic heterocycles. The lowest BCUT2D eigenvalue weighted by molar-refractivity contribution is 0.168. The van der Waals surface area contributed by atoms with Crippen LogP contribution in [0.4, 0.5) is 5.95 Å². The fourth-order valence-corrected chi connectivity index (χ4v) is 1.50. The number of rotatable bonds is 2. The molecule has 0 saturated carbocycles. The molecule has 0 aliphatic rings. The van der Waals surface area contributed by atoms with E-state index in [0.717, 1.165) is 11.0 Å². The van der Waals surface area contributed by atoms with Crippen molar-refractivity contribution in [1.82, 2.24) is 14.5 Å². The fourth-order valence-electron chi connectivity index (χ4n) is 1.50. The van der Waals surface area contributed by atoms with Crippen LogP contribution < -0.4 is 5.73 Å². The molecular weight excluding hydrogens is 192 g/mol. The van der Waals surface area contributed by atoms with Gasteiger partial charge in [0, 0.05) is 17.8 Å². The molecule has 0 atom stereocenters. The van der Waals surface area contributed by atoms with Crippen molar-refractivity contribution in [2.75, 3.05) is 12.3 Å². The van der Waals surface area contributed by atoms with Gasteiger partial charge in [-0.05, 0) is 19.9 Å². The van der Waals surface area contributed by atoms with E-state index in [1.807, 2.05) is 30.7 Å². The highest BCUT2D eigenvalue weighted by Gasteiger charge is 2.21. The van der Waals surface area contributed by atoms with Crippen LogP contribution in [0.3, 0.4) is 0 Å². The van der Waals surface area contributed by atoms with E-state index < -0.39 is 0 Å². The van der Waals surface area contributed by atoms with Gasteiger partial charge >= 0.3 is 0 Å². The van der Waals surface area contributed by atoms with Gasteiger partial charge in [0.15, 0.2) is 0 Å². The van der Waals surface area contributed by atoms with Crippen molar-refractivity contribution >= 4 is 17.0 Å². The van der Waals surface area contributed by atoms with Crippen LogP contribution in [0.2, 0.25) is 0 Å². The van der Waals surface area contributed by atoms with Crippen LogP contribution >= 0.6 is 0 Å². The summed E-state index contributed by atoms with van der Waals surface area (Å²) in [6.45, 7) is 3.91. The molecule has 80 valence electrons. The first kappa shape index (κ1) is 9.92. The van der Waals surface area contributed by atoms with E-state index in [1.165, 1.54) is 0 Å². The molecule has 0 aromatic carbocycles. The highest BCUT2D eigenvalue weighted by Crippen LogP contribution is 2.22. The smallest absolute Gasteiger partial charge is 0.221 e. The Morgan fingerprint density at radius 3 is 2.93 bits per heavy atom. The molecule has 2 rings (SSSR count). The summed E-state index contributed by atoms with van der Waals surface area (Å²) < 4.78 is 1.90. The SMILES string of the molecule is CC(C)(CO)n1ccc2cnc(N)nc21. The van der Waals surface area contributed by atoms with Crippen LogP contribution in [-0.4, -0.2) is 26.2 Å². The van der Waals surface area contributed by atoms with Crippen LogP contribution in [0.1, 0.15) is 13.8 Å². The standard InChI is InChI=1S/C10H14N4O/c1-10(2,6-15)14-4-3-7-5-12-9(11)13-8(7)14/h3-5,15H,6H2,1-2H3,(H2,11,12,13). The van der Waals surface area contributed by atoms with E-state index in [2.05, 4.69) is 9.97 Å². The lowest BCUT2D eigenvalue weighted by Crippen LogP contribution is -2.29. The van der Waals surface area contributed by atoms with Crippen LogP contribution in [0, 0.1) is 0 Å². The van der Waals surface area contributed by atoms with E-state index in [-0.39, 0.29) is 18.1 Å². The van der Waals surface area contributed by atoms with Crippen molar-refractivity contribution in [1.29, 1.82) is 0 Å². The van der Waals surface area contributed by atoms with Crippen molar-refractivity contribution in [2.45, 2.75) is 19.4 Å². The summed E-state index contributed by atoms with van der Waals surface area (Å²) in [7, 11) is 0. The number of hydrogen-bond donors (Lipinski definition) is 2. The topological polar surface area (TPSA) is 77.0 Å². The third-order valence-corrected chi connectivity index (χ3v) is 2.48. The number of aromatic nitrogens is 3. The zero-order chi connectivity index (χ0) is 11.1. The number of nitrogen functional groups attached to an aromatic ring is 1. The molecule has 15 heavy (non-hydrogen) atoms. The molecular formula is C10H14N4O. The molecule has 0 radical (unpaired) electrons. The Hall–Kier alpha value is -1.62. The van der Waals surface area contributed by atoms with Gasteiger partial charge in [-0.3, -0.25) is 0 Å². The minimum Gasteiger partial charge on any atom is -0.394 e. The van der Waals surface area contributed by atoms with Crippen molar-refractivity contribution in [3.05, 3.63) is 18.5 Å². The molecule has 3 N–H and O–H groups in total. The Balaban J connectivity index is 2.67. The molecule has 0 unspecified atom stereocenters. The van der Waals surface area contributed by atoms with Crippen molar-refractivity contribution in [2.24, 2.45) is 0 Å². The Kier molecular flexibility index (Phi) is 2.12. The summed E-state index contributed by atoms with van der Waals surface area (Å²) in [5.41, 5.74) is 5.90. The number of aliphatic hydroxyl groups is 1. The fraction of sp³-hybridized carbons (Fsp3) is 0.400. The molecule has 0 amide bonds. The maximum Gasteiger partial charge on any atom is 0.221 e. The Bertz CT molecular complexity index is 489. The first-order valence-electron chi connectivity index (χ1n) is 4.75. The van der Waals surface area contributed by atoms with Crippen LogP contribution in [0.25, 0.3) is 11.0 Å². The van der Waals surface area contributed by atoms with Gasteiger partial charge in [0.25, 0.3) is 0 Å². The number of fused-ring (bicyclic) bond motifs is 1. The van der Waals surface area contributed by atoms with E-state index >= 15 is 0 Å². The van der Waals surface area contributed by atoms with Crippen molar-refractivity contribution in [3.63, 3.8) is 0 Å². The molecule has 0 bridgehead atoms. The van der Waals surface area contributed by atoms with E-state index in [9.17, 15) is 5.11 Å². The van der Waals surface area contributed by atoms with Gasteiger partial charge in [-0.1, -0.05) is 0 Å². The molecule has 2 aromatic rings. The molecule has 5 heteroatoms. The third-order valence-electron chi connectivity index (χ3n) is 2.48. The maximum absolute atomic E-state index is 9.30. The van der Waals surface area contributed by atoms with Gasteiger partial charge in [0.2, 0.25) is 5.95 Å². The lowest BCUT2D eigenvalue weighted by atomic mass is 10.1. The second kappa shape index (κ2) is 3.20. The zero-order valence-electron chi connectivity index (χ0n) is 8.81. The highest BCUT2D eigenvalue weighted by molar-refractivity contribution is 5.76. The summed E-state index contributed by atoms with van der Waals surface area (Å²) in [5, 5.41) is 10.2. The molecule has 5 nitrogen and oxygen atoms in total. The summed E-state index contributed by atoms with van der Waals surface area (Å²) in [6.07, 6.45) is 3.57. The lowest BCUT2D eigenvalue weighted by Gasteiger charge is -2.24. The first-order valence-corrected chi connectivity index (χ1v) is 4.75. The molecule has 0 saturated heterocycles. The minimum absolute atomic E-state index is 0.0423. The Labute approximate surface area is 87.6 Å². The highest BCUT2D eigenvalue weighted by atomic mass is 16.3. The summed E-state index contributed by atoms with van der Waals surface area (Å²) in [6, 6.07) is 1.91. The van der Waals surface area contributed by atoms with E-state index in [1.54, 1.807) is 6.20 Å². The molecule has 0 aliphatic carbocycles. The summed E-state index contributed by atoms with van der Waals surface area (Å²) in [5.74, 6) is 0.246. The van der Waals surface area contributed by atoms with Gasteiger partial charge < -0.3 is 15.4 Å². The zero-order valence-corrected chi connectivity index (χ0v) is 8.81. The Morgan fingerprint density at radius 2 is 2.27 bits per heavy atom. The van der Waals surface area contributed by atoms with E-state index in [0.29, 0.717) is 0 Å². The number of nitrogens with zero attached hydrogens (tertiary/aromatic N) is 3. The van der Waals surface area contributed by atoms with Gasteiger partial charge in [0.1, 0.15) is 5.65 Å². The molecule has 2 heterocycles. The van der Waals surface area contributed by atoms with Gasteiger partial charge in [-0.25, -0.2) is 4.98 Å². The number of aliphatic hydroxyl groups excluding tert-OH is 1. The second-order valence-corrected chi connectivity index (χ2v) is 4.16. The monoisotopic (exact) mass is 206 g/mol. The Morgan fingerprint density at radius 1 is 1.53 bits per heavy atom. The van der Waals surface area contributed by atoms with Crippen LogP contribution in [-0.2, 0) is 5.54 Å². The second-order valence-electron chi connectivity index (χ2n) is 4.16. The van der Waals surface area contributed by atoms with Crippen molar-refractivity contribution < 1.29 is 5.11 Å². The van der Waals surface area contributed by atoms with Gasteiger partial charge in [0.05, 0.1) is 12.1 Å². The average Bonchev–Trinajstić information content (AvgIpc) is 2.61. The van der Waals surface area contributed by atoms with Crippen LogP contribution in [0.5, 0.6) is 0 Å².